The molecule has 0 atom stereocenters. The highest BCUT2D eigenvalue weighted by atomic mass is 32.1. The Morgan fingerprint density at radius 2 is 0.958 bits per heavy atom. The summed E-state index contributed by atoms with van der Waals surface area (Å²) < 4.78 is 9.33. The third-order valence-electron chi connectivity index (χ3n) is 9.14. The van der Waals surface area contributed by atoms with E-state index in [4.69, 9.17) is 19.4 Å². The largest absolute Gasteiger partial charge is 0.455 e. The van der Waals surface area contributed by atoms with Crippen LogP contribution in [0.15, 0.2) is 156 Å². The maximum absolute atomic E-state index is 6.78. The fraction of sp³-hybridized carbons (Fsp3) is 0. The first-order valence-corrected chi connectivity index (χ1v) is 16.8. The van der Waals surface area contributed by atoms with E-state index in [-0.39, 0.29) is 0 Å². The molecule has 4 nitrogen and oxygen atoms in total. The number of nitrogens with zero attached hydrogens (tertiary/aromatic N) is 3. The van der Waals surface area contributed by atoms with E-state index in [2.05, 4.69) is 78.9 Å². The van der Waals surface area contributed by atoms with Crippen LogP contribution in [-0.4, -0.2) is 15.0 Å². The van der Waals surface area contributed by atoms with Crippen LogP contribution in [0, 0.1) is 0 Å². The van der Waals surface area contributed by atoms with Crippen molar-refractivity contribution in [2.24, 2.45) is 0 Å². The molecule has 0 bridgehead atoms. The quantitative estimate of drug-likeness (QED) is 0.194. The second kappa shape index (κ2) is 10.7. The van der Waals surface area contributed by atoms with E-state index in [1.165, 1.54) is 30.9 Å². The normalized spacial score (nSPS) is 11.8. The van der Waals surface area contributed by atoms with Crippen LogP contribution in [0.4, 0.5) is 0 Å². The summed E-state index contributed by atoms with van der Waals surface area (Å²) in [6.07, 6.45) is 0. The number of furan rings is 1. The fourth-order valence-corrected chi connectivity index (χ4v) is 8.13. The van der Waals surface area contributed by atoms with Gasteiger partial charge < -0.3 is 4.42 Å². The lowest BCUT2D eigenvalue weighted by molar-refractivity contribution is 0.670. The summed E-state index contributed by atoms with van der Waals surface area (Å²) in [5, 5.41) is 7.06. The second-order valence-corrected chi connectivity index (χ2v) is 13.0. The van der Waals surface area contributed by atoms with E-state index in [1.807, 2.05) is 84.1 Å². The van der Waals surface area contributed by atoms with Gasteiger partial charge in [0.05, 0.1) is 0 Å². The maximum Gasteiger partial charge on any atom is 0.164 e. The predicted octanol–water partition coefficient (Wildman–Crippen LogP) is 12.0. The maximum atomic E-state index is 6.78. The van der Waals surface area contributed by atoms with Gasteiger partial charge >= 0.3 is 0 Å². The van der Waals surface area contributed by atoms with Gasteiger partial charge in [-0.25, -0.2) is 15.0 Å². The zero-order chi connectivity index (χ0) is 31.6. The molecule has 224 valence electrons. The number of para-hydroxylation sites is 1. The van der Waals surface area contributed by atoms with Gasteiger partial charge in [-0.2, -0.15) is 0 Å². The summed E-state index contributed by atoms with van der Waals surface area (Å²) in [7, 11) is 0. The average molecular weight is 632 g/mol. The van der Waals surface area contributed by atoms with Crippen LogP contribution in [-0.2, 0) is 0 Å². The van der Waals surface area contributed by atoms with Crippen LogP contribution >= 0.6 is 11.3 Å². The molecule has 7 aromatic carbocycles. The standard InChI is InChI=1S/C43H25N3OS/c1-3-13-26(14-4-1)41-44-42(27-15-5-2-6-16-27)46-43(45-41)33-24-23-30(40-39(33)31-19-9-11-21-35(31)47-40)34-25-37-38(29-18-8-7-17-28(29)34)32-20-10-12-22-36(32)48-37/h1-25H. The minimum Gasteiger partial charge on any atom is -0.455 e. The molecular weight excluding hydrogens is 607 g/mol. The first kappa shape index (κ1) is 27.0. The van der Waals surface area contributed by atoms with E-state index >= 15 is 0 Å². The van der Waals surface area contributed by atoms with Crippen molar-refractivity contribution >= 4 is 64.2 Å². The van der Waals surface area contributed by atoms with Crippen molar-refractivity contribution in [3.05, 3.63) is 152 Å². The van der Waals surface area contributed by atoms with Crippen LogP contribution in [0.3, 0.4) is 0 Å². The zero-order valence-electron chi connectivity index (χ0n) is 25.6. The molecule has 3 aromatic heterocycles. The minimum absolute atomic E-state index is 0.607. The Kier molecular flexibility index (Phi) is 6.01. The molecule has 3 heterocycles. The molecular formula is C43H25N3OS. The Morgan fingerprint density at radius 1 is 0.396 bits per heavy atom. The Balaban J connectivity index is 1.28. The minimum atomic E-state index is 0.607. The fourth-order valence-electron chi connectivity index (χ4n) is 6.97. The van der Waals surface area contributed by atoms with Gasteiger partial charge in [-0.3, -0.25) is 0 Å². The molecule has 48 heavy (non-hydrogen) atoms. The summed E-state index contributed by atoms with van der Waals surface area (Å²) in [5.41, 5.74) is 6.61. The van der Waals surface area contributed by atoms with Crippen molar-refractivity contribution < 1.29 is 4.42 Å². The van der Waals surface area contributed by atoms with Gasteiger partial charge in [-0.1, -0.05) is 121 Å². The molecule has 0 aliphatic heterocycles. The molecule has 0 N–H and O–H groups in total. The smallest absolute Gasteiger partial charge is 0.164 e. The molecule has 0 unspecified atom stereocenters. The monoisotopic (exact) mass is 631 g/mol. The number of fused-ring (bicyclic) bond motifs is 8. The highest BCUT2D eigenvalue weighted by molar-refractivity contribution is 7.26. The van der Waals surface area contributed by atoms with Crippen LogP contribution in [0.25, 0.3) is 98.2 Å². The van der Waals surface area contributed by atoms with Gasteiger partial charge in [0.25, 0.3) is 0 Å². The zero-order valence-corrected chi connectivity index (χ0v) is 26.4. The topological polar surface area (TPSA) is 51.8 Å². The molecule has 10 aromatic rings. The summed E-state index contributed by atoms with van der Waals surface area (Å²) in [6.45, 7) is 0. The van der Waals surface area contributed by atoms with Gasteiger partial charge in [-0.15, -0.1) is 11.3 Å². The van der Waals surface area contributed by atoms with E-state index < -0.39 is 0 Å². The number of thiophene rings is 1. The van der Waals surface area contributed by atoms with E-state index in [1.54, 1.807) is 0 Å². The lowest BCUT2D eigenvalue weighted by atomic mass is 9.92. The number of aromatic nitrogens is 3. The Morgan fingerprint density at radius 3 is 1.69 bits per heavy atom. The number of rotatable bonds is 4. The Labute approximate surface area is 279 Å². The highest BCUT2D eigenvalue weighted by Gasteiger charge is 2.22. The predicted molar refractivity (Wildman–Crippen MR) is 199 cm³/mol. The summed E-state index contributed by atoms with van der Waals surface area (Å²) >= 11 is 1.84. The SMILES string of the molecule is c1ccc(-c2nc(-c3ccccc3)nc(-c3ccc(-c4cc5sc6ccccc6c5c5ccccc45)c4oc5ccccc5c34)n2)cc1. The third-order valence-corrected chi connectivity index (χ3v) is 10.3. The van der Waals surface area contributed by atoms with Crippen molar-refractivity contribution in [2.45, 2.75) is 0 Å². The van der Waals surface area contributed by atoms with Gasteiger partial charge in [0.1, 0.15) is 11.2 Å². The first-order chi connectivity index (χ1) is 23.8. The van der Waals surface area contributed by atoms with Gasteiger partial charge in [0.2, 0.25) is 0 Å². The summed E-state index contributed by atoms with van der Waals surface area (Å²) in [6, 6.07) is 52.5. The lowest BCUT2D eigenvalue weighted by Crippen LogP contribution is -2.00. The van der Waals surface area contributed by atoms with Crippen molar-refractivity contribution in [1.82, 2.24) is 15.0 Å². The van der Waals surface area contributed by atoms with Gasteiger partial charge in [-0.05, 0) is 46.7 Å². The first-order valence-electron chi connectivity index (χ1n) is 15.9. The number of benzene rings is 7. The Hall–Kier alpha value is -6.17. The van der Waals surface area contributed by atoms with Crippen molar-refractivity contribution in [2.75, 3.05) is 0 Å². The molecule has 0 aliphatic carbocycles. The molecule has 0 saturated heterocycles. The molecule has 10 rings (SSSR count). The molecule has 0 radical (unpaired) electrons. The second-order valence-electron chi connectivity index (χ2n) is 11.9. The van der Waals surface area contributed by atoms with Gasteiger partial charge in [0, 0.05) is 53.2 Å². The van der Waals surface area contributed by atoms with E-state index in [9.17, 15) is 0 Å². The van der Waals surface area contributed by atoms with E-state index in [0.29, 0.717) is 17.5 Å². The van der Waals surface area contributed by atoms with Crippen LogP contribution in [0.2, 0.25) is 0 Å². The molecule has 0 aliphatic rings. The van der Waals surface area contributed by atoms with Gasteiger partial charge in [0.15, 0.2) is 17.5 Å². The van der Waals surface area contributed by atoms with Crippen molar-refractivity contribution in [3.8, 4) is 45.3 Å². The molecule has 0 amide bonds. The summed E-state index contributed by atoms with van der Waals surface area (Å²) in [4.78, 5) is 15.1. The summed E-state index contributed by atoms with van der Waals surface area (Å²) in [5.74, 6) is 1.87. The van der Waals surface area contributed by atoms with Crippen LogP contribution in [0.1, 0.15) is 0 Å². The average Bonchev–Trinajstić information content (AvgIpc) is 3.74. The van der Waals surface area contributed by atoms with Crippen molar-refractivity contribution in [1.29, 1.82) is 0 Å². The van der Waals surface area contributed by atoms with E-state index in [0.717, 1.165) is 49.8 Å². The molecule has 0 spiro atoms. The molecule has 0 saturated carbocycles. The Bertz CT molecular complexity index is 2780. The van der Waals surface area contributed by atoms with Crippen molar-refractivity contribution in [3.63, 3.8) is 0 Å². The lowest BCUT2D eigenvalue weighted by Gasteiger charge is -2.12. The molecule has 5 heteroatoms. The van der Waals surface area contributed by atoms with Crippen LogP contribution in [0.5, 0.6) is 0 Å². The number of hydrogen-bond donors (Lipinski definition) is 0. The number of hydrogen-bond acceptors (Lipinski definition) is 5. The highest BCUT2D eigenvalue weighted by Crippen LogP contribution is 2.46. The molecule has 0 fully saturated rings. The third kappa shape index (κ3) is 4.18. The van der Waals surface area contributed by atoms with Crippen LogP contribution < -0.4 is 0 Å².